The smallest absolute Gasteiger partial charge is 0.302 e. The van der Waals surface area contributed by atoms with Gasteiger partial charge in [-0.05, 0) is 80.5 Å². The van der Waals surface area contributed by atoms with E-state index in [1.54, 1.807) is 0 Å². The molecule has 4 aliphatic rings. The van der Waals surface area contributed by atoms with Crippen molar-refractivity contribution in [2.45, 2.75) is 84.3 Å². The van der Waals surface area contributed by atoms with Crippen LogP contribution >= 0.6 is 0 Å². The van der Waals surface area contributed by atoms with E-state index in [1.165, 1.54) is 19.8 Å². The number of esters is 1. The fourth-order valence-electron chi connectivity index (χ4n) is 7.61. The molecule has 0 spiro atoms. The van der Waals surface area contributed by atoms with Crippen molar-refractivity contribution in [3.05, 3.63) is 0 Å². The van der Waals surface area contributed by atoms with Gasteiger partial charge in [0.05, 0.1) is 6.04 Å². The van der Waals surface area contributed by atoms with Gasteiger partial charge in [-0.2, -0.15) is 0 Å². The number of Topliss-reactive ketones (excluding diaryl/α,β-unsaturated/α-hetero) is 1. The van der Waals surface area contributed by atoms with Crippen molar-refractivity contribution in [1.82, 2.24) is 5.32 Å². The number of carbonyl (C=O) groups excluding carboxylic acids is 3. The molecule has 4 rings (SSSR count). The van der Waals surface area contributed by atoms with Crippen LogP contribution in [-0.4, -0.2) is 30.3 Å². The fourth-order valence-corrected chi connectivity index (χ4v) is 7.61. The van der Waals surface area contributed by atoms with Crippen molar-refractivity contribution >= 4 is 18.2 Å². The second-order valence-electron chi connectivity index (χ2n) is 10.1. The summed E-state index contributed by atoms with van der Waals surface area (Å²) in [6.07, 6.45) is 9.06. The van der Waals surface area contributed by atoms with Gasteiger partial charge in [-0.1, -0.05) is 13.8 Å². The largest absolute Gasteiger partial charge is 0.463 e. The highest BCUT2D eigenvalue weighted by atomic mass is 16.5. The summed E-state index contributed by atoms with van der Waals surface area (Å²) >= 11 is 0. The molecular weight excluding hydrogens is 342 g/mol. The Morgan fingerprint density at radius 1 is 1.11 bits per heavy atom. The second-order valence-corrected chi connectivity index (χ2v) is 10.1. The Morgan fingerprint density at radius 2 is 1.89 bits per heavy atom. The third-order valence-corrected chi connectivity index (χ3v) is 8.98. The van der Waals surface area contributed by atoms with Gasteiger partial charge < -0.3 is 10.1 Å². The Kier molecular flexibility index (Phi) is 4.63. The predicted octanol–water partition coefficient (Wildman–Crippen LogP) is 3.25. The maximum atomic E-state index is 13.0. The number of ether oxygens (including phenoxy) is 1. The van der Waals surface area contributed by atoms with Crippen LogP contribution in [0.3, 0.4) is 0 Å². The van der Waals surface area contributed by atoms with Crippen molar-refractivity contribution in [3.63, 3.8) is 0 Å². The minimum atomic E-state index is -0.290. The van der Waals surface area contributed by atoms with Gasteiger partial charge in [0.15, 0.2) is 5.78 Å². The van der Waals surface area contributed by atoms with E-state index in [2.05, 4.69) is 19.2 Å². The first-order valence-corrected chi connectivity index (χ1v) is 10.7. The average molecular weight is 376 g/mol. The van der Waals surface area contributed by atoms with E-state index >= 15 is 0 Å². The molecule has 1 N–H and O–H groups in total. The number of carbonyl (C=O) groups is 3. The lowest BCUT2D eigenvalue weighted by molar-refractivity contribution is -0.160. The quantitative estimate of drug-likeness (QED) is 0.607. The van der Waals surface area contributed by atoms with Crippen molar-refractivity contribution in [1.29, 1.82) is 0 Å². The van der Waals surface area contributed by atoms with Crippen LogP contribution in [0.1, 0.15) is 72.1 Å². The second kappa shape index (κ2) is 6.59. The highest BCUT2D eigenvalue weighted by Gasteiger charge is 2.62. The number of fused-ring (bicyclic) bond motifs is 5. The molecule has 5 nitrogen and oxygen atoms in total. The molecule has 5 heteroatoms. The molecule has 8 atom stereocenters. The number of ketones is 1. The van der Waals surface area contributed by atoms with Gasteiger partial charge in [-0.3, -0.25) is 14.4 Å². The van der Waals surface area contributed by atoms with E-state index in [9.17, 15) is 14.4 Å². The molecule has 0 aliphatic heterocycles. The number of hydrogen-bond acceptors (Lipinski definition) is 4. The summed E-state index contributed by atoms with van der Waals surface area (Å²) < 4.78 is 5.54. The van der Waals surface area contributed by atoms with Crippen molar-refractivity contribution < 1.29 is 19.1 Å². The maximum Gasteiger partial charge on any atom is 0.302 e. The van der Waals surface area contributed by atoms with Crippen molar-refractivity contribution in [2.75, 3.05) is 0 Å². The summed E-state index contributed by atoms with van der Waals surface area (Å²) in [5, 5.41) is 2.78. The highest BCUT2D eigenvalue weighted by Crippen LogP contribution is 2.65. The van der Waals surface area contributed by atoms with Crippen LogP contribution in [0.25, 0.3) is 0 Å². The molecule has 27 heavy (non-hydrogen) atoms. The zero-order valence-corrected chi connectivity index (χ0v) is 16.8. The lowest BCUT2D eigenvalue weighted by atomic mass is 9.45. The van der Waals surface area contributed by atoms with Crippen LogP contribution < -0.4 is 5.32 Å². The zero-order chi connectivity index (χ0) is 19.4. The van der Waals surface area contributed by atoms with E-state index in [4.69, 9.17) is 4.74 Å². The van der Waals surface area contributed by atoms with Crippen LogP contribution in [0.2, 0.25) is 0 Å². The first-order valence-electron chi connectivity index (χ1n) is 10.7. The molecule has 150 valence electrons. The molecule has 0 heterocycles. The van der Waals surface area contributed by atoms with Gasteiger partial charge >= 0.3 is 5.97 Å². The average Bonchev–Trinajstić information content (AvgIpc) is 2.87. The third kappa shape index (κ3) is 2.84. The Bertz CT molecular complexity index is 648. The fraction of sp³-hybridized carbons (Fsp3) is 0.864. The van der Waals surface area contributed by atoms with Gasteiger partial charge in [-0.25, -0.2) is 0 Å². The molecule has 4 fully saturated rings. The molecular formula is C22H33NO4. The summed E-state index contributed by atoms with van der Waals surface area (Å²) in [5.74, 6) is 2.33. The molecule has 1 amide bonds. The molecule has 0 aromatic rings. The van der Waals surface area contributed by atoms with Crippen molar-refractivity contribution in [3.8, 4) is 0 Å². The SMILES string of the molecule is CC(=O)O[C@H]1CC[C@@]2(C)[C@@H](CC[C@@H]3[C@@H]2CC[C@]2(C)C(=O)[C@H](NC=O)C[C@@H]32)C1. The van der Waals surface area contributed by atoms with Crippen LogP contribution in [0.4, 0.5) is 0 Å². The van der Waals surface area contributed by atoms with Crippen LogP contribution in [0, 0.1) is 34.5 Å². The molecule has 4 aliphatic carbocycles. The lowest BCUT2D eigenvalue weighted by Crippen LogP contribution is -2.54. The molecule has 0 bridgehead atoms. The minimum absolute atomic E-state index is 0.0835. The third-order valence-electron chi connectivity index (χ3n) is 8.98. The predicted molar refractivity (Wildman–Crippen MR) is 101 cm³/mol. The summed E-state index contributed by atoms with van der Waals surface area (Å²) in [7, 11) is 0. The Balaban J connectivity index is 1.54. The molecule has 0 aromatic heterocycles. The first kappa shape index (κ1) is 18.9. The Labute approximate surface area is 162 Å². The first-order chi connectivity index (χ1) is 12.8. The number of nitrogens with one attached hydrogen (secondary N) is 1. The topological polar surface area (TPSA) is 72.5 Å². The van der Waals surface area contributed by atoms with Gasteiger partial charge in [-0.15, -0.1) is 0 Å². The van der Waals surface area contributed by atoms with Gasteiger partial charge in [0, 0.05) is 12.3 Å². The van der Waals surface area contributed by atoms with Crippen LogP contribution in [0.5, 0.6) is 0 Å². The molecule has 4 saturated carbocycles. The molecule has 0 unspecified atom stereocenters. The summed E-state index contributed by atoms with van der Waals surface area (Å²) in [6.45, 7) is 6.11. The highest BCUT2D eigenvalue weighted by molar-refractivity contribution is 5.93. The van der Waals surface area contributed by atoms with Gasteiger partial charge in [0.2, 0.25) is 6.41 Å². The number of hydrogen-bond donors (Lipinski definition) is 1. The van der Waals surface area contributed by atoms with Gasteiger partial charge in [0.1, 0.15) is 6.10 Å². The van der Waals surface area contributed by atoms with E-state index < -0.39 is 0 Å². The maximum absolute atomic E-state index is 13.0. The number of rotatable bonds is 3. The van der Waals surface area contributed by atoms with E-state index in [0.29, 0.717) is 35.5 Å². The standard InChI is InChI=1S/C22H33NO4/c1-13(25)27-15-6-8-21(2)14(10-15)4-5-16-17(21)7-9-22(3)18(16)11-19(20(22)26)23-12-24/h12,14-19H,4-11H2,1-3H3,(H,23,24)/t14-,15-,16+,17-,18-,19+,21-,22-/m0/s1. The van der Waals surface area contributed by atoms with E-state index in [0.717, 1.165) is 38.5 Å². The Morgan fingerprint density at radius 3 is 2.59 bits per heavy atom. The summed E-state index contributed by atoms with van der Waals surface area (Å²) in [4.78, 5) is 35.3. The minimum Gasteiger partial charge on any atom is -0.463 e. The van der Waals surface area contributed by atoms with Crippen molar-refractivity contribution in [2.24, 2.45) is 34.5 Å². The zero-order valence-electron chi connectivity index (χ0n) is 16.8. The lowest BCUT2D eigenvalue weighted by Gasteiger charge is -2.60. The monoisotopic (exact) mass is 375 g/mol. The summed E-state index contributed by atoms with van der Waals surface area (Å²) in [6, 6.07) is -0.290. The summed E-state index contributed by atoms with van der Waals surface area (Å²) in [5.41, 5.74) is 0.0279. The Hall–Kier alpha value is -1.39. The molecule has 0 aromatic carbocycles. The normalized spacial score (nSPS) is 48.8. The molecule has 0 saturated heterocycles. The molecule has 0 radical (unpaired) electrons. The van der Waals surface area contributed by atoms with E-state index in [-0.39, 0.29) is 29.3 Å². The van der Waals surface area contributed by atoms with Crippen LogP contribution in [-0.2, 0) is 19.1 Å². The number of amides is 1. The van der Waals surface area contributed by atoms with Crippen LogP contribution in [0.15, 0.2) is 0 Å². The van der Waals surface area contributed by atoms with Gasteiger partial charge in [0.25, 0.3) is 0 Å². The van der Waals surface area contributed by atoms with E-state index in [1.807, 2.05) is 0 Å².